The van der Waals surface area contributed by atoms with Gasteiger partial charge in [-0.25, -0.2) is 0 Å². The number of carbonyl (C=O) groups is 1. The SMILES string of the molecule is CC(=O)c1cc(Br)cc(N)c1OCC1CCC(C)O1. The quantitative estimate of drug-likeness (QED) is 0.681. The molecule has 0 aromatic heterocycles. The molecule has 5 heteroatoms. The Balaban J connectivity index is 2.13. The average Bonchev–Trinajstić information content (AvgIpc) is 2.73. The molecule has 2 unspecified atom stereocenters. The summed E-state index contributed by atoms with van der Waals surface area (Å²) >= 11 is 3.33. The molecular weight excluding hydrogens is 310 g/mol. The van der Waals surface area contributed by atoms with E-state index in [-0.39, 0.29) is 18.0 Å². The second kappa shape index (κ2) is 5.92. The Kier molecular flexibility index (Phi) is 4.47. The van der Waals surface area contributed by atoms with Crippen molar-refractivity contribution < 1.29 is 14.3 Å². The number of ketones is 1. The van der Waals surface area contributed by atoms with E-state index in [1.807, 2.05) is 0 Å². The predicted octanol–water partition coefficient (Wildman–Crippen LogP) is 3.18. The van der Waals surface area contributed by atoms with Crippen molar-refractivity contribution in [1.82, 2.24) is 0 Å². The minimum atomic E-state index is -0.0660. The van der Waals surface area contributed by atoms with Gasteiger partial charge in [0, 0.05) is 4.47 Å². The summed E-state index contributed by atoms with van der Waals surface area (Å²) in [7, 11) is 0. The summed E-state index contributed by atoms with van der Waals surface area (Å²) in [5, 5.41) is 0. The molecule has 1 aromatic rings. The number of nitrogens with two attached hydrogens (primary N) is 1. The topological polar surface area (TPSA) is 61.6 Å². The van der Waals surface area contributed by atoms with E-state index in [2.05, 4.69) is 22.9 Å². The minimum Gasteiger partial charge on any atom is -0.488 e. The smallest absolute Gasteiger partial charge is 0.163 e. The van der Waals surface area contributed by atoms with Gasteiger partial charge in [0.2, 0.25) is 0 Å². The van der Waals surface area contributed by atoms with E-state index in [9.17, 15) is 4.79 Å². The fourth-order valence-corrected chi connectivity index (χ4v) is 2.70. The molecule has 0 aliphatic carbocycles. The van der Waals surface area contributed by atoms with Crippen LogP contribution in [0.2, 0.25) is 0 Å². The Labute approximate surface area is 121 Å². The summed E-state index contributed by atoms with van der Waals surface area (Å²) in [6.45, 7) is 3.98. The summed E-state index contributed by atoms with van der Waals surface area (Å²) in [5.41, 5.74) is 6.89. The Bertz CT molecular complexity index is 490. The maximum atomic E-state index is 11.6. The number of carbonyl (C=O) groups excluding carboxylic acids is 1. The summed E-state index contributed by atoms with van der Waals surface area (Å²) in [4.78, 5) is 11.6. The number of Topliss-reactive ketones (excluding diaryl/α,β-unsaturated/α-hetero) is 1. The molecule has 2 rings (SSSR count). The van der Waals surface area contributed by atoms with Crippen molar-refractivity contribution in [1.29, 1.82) is 0 Å². The molecule has 4 nitrogen and oxygen atoms in total. The van der Waals surface area contributed by atoms with Crippen molar-refractivity contribution in [2.75, 3.05) is 12.3 Å². The van der Waals surface area contributed by atoms with Crippen LogP contribution in [0.25, 0.3) is 0 Å². The van der Waals surface area contributed by atoms with Crippen LogP contribution in [-0.2, 0) is 4.74 Å². The first kappa shape index (κ1) is 14.3. The van der Waals surface area contributed by atoms with E-state index >= 15 is 0 Å². The molecule has 1 heterocycles. The summed E-state index contributed by atoms with van der Waals surface area (Å²) in [5.74, 6) is 0.391. The van der Waals surface area contributed by atoms with Crippen molar-refractivity contribution >= 4 is 27.4 Å². The van der Waals surface area contributed by atoms with Gasteiger partial charge in [-0.1, -0.05) is 15.9 Å². The molecule has 0 bridgehead atoms. The molecule has 0 saturated carbocycles. The molecular formula is C14H18BrNO3. The maximum Gasteiger partial charge on any atom is 0.163 e. The van der Waals surface area contributed by atoms with Gasteiger partial charge >= 0.3 is 0 Å². The third-order valence-corrected chi connectivity index (χ3v) is 3.65. The highest BCUT2D eigenvalue weighted by molar-refractivity contribution is 9.10. The van der Waals surface area contributed by atoms with E-state index in [1.165, 1.54) is 6.92 Å². The van der Waals surface area contributed by atoms with E-state index in [1.54, 1.807) is 12.1 Å². The van der Waals surface area contributed by atoms with Crippen molar-refractivity contribution in [2.45, 2.75) is 38.9 Å². The largest absolute Gasteiger partial charge is 0.488 e. The van der Waals surface area contributed by atoms with Gasteiger partial charge in [0.25, 0.3) is 0 Å². The molecule has 2 atom stereocenters. The average molecular weight is 328 g/mol. The molecule has 1 fully saturated rings. The van der Waals surface area contributed by atoms with Crippen molar-refractivity contribution in [3.63, 3.8) is 0 Å². The second-order valence-electron chi connectivity index (χ2n) is 4.88. The predicted molar refractivity (Wildman–Crippen MR) is 77.6 cm³/mol. The van der Waals surface area contributed by atoms with E-state index in [0.29, 0.717) is 23.6 Å². The zero-order chi connectivity index (χ0) is 14.0. The van der Waals surface area contributed by atoms with E-state index in [0.717, 1.165) is 17.3 Å². The van der Waals surface area contributed by atoms with Crippen molar-refractivity contribution in [3.05, 3.63) is 22.2 Å². The van der Waals surface area contributed by atoms with Gasteiger partial charge in [0.1, 0.15) is 6.61 Å². The van der Waals surface area contributed by atoms with Crippen LogP contribution in [-0.4, -0.2) is 24.6 Å². The highest BCUT2D eigenvalue weighted by atomic mass is 79.9. The van der Waals surface area contributed by atoms with Crippen LogP contribution in [0.3, 0.4) is 0 Å². The normalized spacial score (nSPS) is 22.5. The first-order chi connectivity index (χ1) is 8.97. The number of ether oxygens (including phenoxy) is 2. The number of benzene rings is 1. The highest BCUT2D eigenvalue weighted by Crippen LogP contribution is 2.32. The van der Waals surface area contributed by atoms with Gasteiger partial charge in [-0.15, -0.1) is 0 Å². The first-order valence-electron chi connectivity index (χ1n) is 6.35. The van der Waals surface area contributed by atoms with Crippen LogP contribution in [0, 0.1) is 0 Å². The van der Waals surface area contributed by atoms with Gasteiger partial charge in [-0.2, -0.15) is 0 Å². The summed E-state index contributed by atoms with van der Waals surface area (Å²) < 4.78 is 12.2. The third kappa shape index (κ3) is 3.48. The standard InChI is InChI=1S/C14H18BrNO3/c1-8-3-4-11(19-8)7-18-14-12(9(2)17)5-10(15)6-13(14)16/h5-6,8,11H,3-4,7,16H2,1-2H3. The van der Waals surface area contributed by atoms with Crippen LogP contribution < -0.4 is 10.5 Å². The molecule has 0 spiro atoms. The van der Waals surface area contributed by atoms with Crippen LogP contribution in [0.4, 0.5) is 5.69 Å². The Hall–Kier alpha value is -1.07. The molecule has 1 saturated heterocycles. The Morgan fingerprint density at radius 1 is 1.53 bits per heavy atom. The van der Waals surface area contributed by atoms with Gasteiger partial charge < -0.3 is 15.2 Å². The lowest BCUT2D eigenvalue weighted by molar-refractivity contribution is 0.0264. The molecule has 1 aliphatic rings. The van der Waals surface area contributed by atoms with Gasteiger partial charge in [0.15, 0.2) is 11.5 Å². The lowest BCUT2D eigenvalue weighted by atomic mass is 10.1. The van der Waals surface area contributed by atoms with Crippen LogP contribution in [0.15, 0.2) is 16.6 Å². The minimum absolute atomic E-state index is 0.0660. The third-order valence-electron chi connectivity index (χ3n) is 3.20. The van der Waals surface area contributed by atoms with E-state index in [4.69, 9.17) is 15.2 Å². The highest BCUT2D eigenvalue weighted by Gasteiger charge is 2.23. The number of anilines is 1. The number of hydrogen-bond donors (Lipinski definition) is 1. The van der Waals surface area contributed by atoms with Gasteiger partial charge in [-0.05, 0) is 38.8 Å². The molecule has 0 radical (unpaired) electrons. The number of hydrogen-bond acceptors (Lipinski definition) is 4. The van der Waals surface area contributed by atoms with Crippen LogP contribution in [0.1, 0.15) is 37.0 Å². The fraction of sp³-hybridized carbons (Fsp3) is 0.500. The molecule has 1 aliphatic heterocycles. The van der Waals surface area contributed by atoms with E-state index < -0.39 is 0 Å². The zero-order valence-corrected chi connectivity index (χ0v) is 12.7. The van der Waals surface area contributed by atoms with Gasteiger partial charge in [0.05, 0.1) is 23.5 Å². The Morgan fingerprint density at radius 2 is 2.26 bits per heavy atom. The van der Waals surface area contributed by atoms with Gasteiger partial charge in [-0.3, -0.25) is 4.79 Å². The molecule has 19 heavy (non-hydrogen) atoms. The summed E-state index contributed by atoms with van der Waals surface area (Å²) in [6, 6.07) is 3.46. The maximum absolute atomic E-state index is 11.6. The fourth-order valence-electron chi connectivity index (χ4n) is 2.22. The van der Waals surface area contributed by atoms with Crippen LogP contribution in [0.5, 0.6) is 5.75 Å². The Morgan fingerprint density at radius 3 is 2.84 bits per heavy atom. The zero-order valence-electron chi connectivity index (χ0n) is 11.1. The lowest BCUT2D eigenvalue weighted by Gasteiger charge is -2.16. The molecule has 104 valence electrons. The molecule has 2 N–H and O–H groups in total. The lowest BCUT2D eigenvalue weighted by Crippen LogP contribution is -2.19. The number of halogens is 1. The van der Waals surface area contributed by atoms with Crippen LogP contribution >= 0.6 is 15.9 Å². The number of rotatable bonds is 4. The number of nitrogen functional groups attached to an aromatic ring is 1. The van der Waals surface area contributed by atoms with Crippen molar-refractivity contribution in [2.24, 2.45) is 0 Å². The second-order valence-corrected chi connectivity index (χ2v) is 5.80. The first-order valence-corrected chi connectivity index (χ1v) is 7.15. The summed E-state index contributed by atoms with van der Waals surface area (Å²) in [6.07, 6.45) is 2.39. The molecule has 0 amide bonds. The van der Waals surface area contributed by atoms with Crippen molar-refractivity contribution in [3.8, 4) is 5.75 Å². The molecule has 1 aromatic carbocycles. The monoisotopic (exact) mass is 327 g/mol.